The molecule has 146 valence electrons. The van der Waals surface area contributed by atoms with E-state index in [2.05, 4.69) is 20.3 Å². The Hall–Kier alpha value is -3.62. The van der Waals surface area contributed by atoms with Crippen molar-refractivity contribution in [3.8, 4) is 0 Å². The van der Waals surface area contributed by atoms with E-state index in [0.717, 1.165) is 17.5 Å². The fourth-order valence-corrected chi connectivity index (χ4v) is 2.96. The van der Waals surface area contributed by atoms with Crippen molar-refractivity contribution in [1.82, 2.24) is 15.0 Å². The van der Waals surface area contributed by atoms with Crippen LogP contribution >= 0.6 is 0 Å². The van der Waals surface area contributed by atoms with Gasteiger partial charge in [-0.05, 0) is 36.2 Å². The van der Waals surface area contributed by atoms with E-state index in [1.165, 1.54) is 0 Å². The summed E-state index contributed by atoms with van der Waals surface area (Å²) in [6.07, 6.45) is 2.42. The summed E-state index contributed by atoms with van der Waals surface area (Å²) in [5.41, 5.74) is 2.60. The van der Waals surface area contributed by atoms with Crippen LogP contribution in [0.4, 0.5) is 11.8 Å². The molecule has 4 N–H and O–H groups in total. The number of aromatic nitrogens is 3. The monoisotopic (exact) mass is 383 g/mol. The first kappa shape index (κ1) is 19.2. The second kappa shape index (κ2) is 8.38. The van der Waals surface area contributed by atoms with E-state index >= 15 is 0 Å². The van der Waals surface area contributed by atoms with Crippen molar-refractivity contribution in [3.05, 3.63) is 47.7 Å². The Morgan fingerprint density at radius 2 is 2.07 bits per heavy atom. The van der Waals surface area contributed by atoms with Crippen molar-refractivity contribution in [2.45, 2.75) is 19.9 Å². The van der Waals surface area contributed by atoms with E-state index in [9.17, 15) is 14.7 Å². The number of rotatable bonds is 9. The maximum absolute atomic E-state index is 11.5. The van der Waals surface area contributed by atoms with Crippen LogP contribution in [0.5, 0.6) is 0 Å². The van der Waals surface area contributed by atoms with Gasteiger partial charge in [0.15, 0.2) is 0 Å². The van der Waals surface area contributed by atoms with Crippen molar-refractivity contribution in [3.63, 3.8) is 0 Å². The molecule has 0 radical (unpaired) electrons. The van der Waals surface area contributed by atoms with Gasteiger partial charge in [-0.2, -0.15) is 0 Å². The van der Waals surface area contributed by atoms with E-state index in [1.54, 1.807) is 18.3 Å². The number of benzene rings is 1. The van der Waals surface area contributed by atoms with Crippen molar-refractivity contribution in [2.75, 3.05) is 23.3 Å². The Morgan fingerprint density at radius 3 is 2.79 bits per heavy atom. The molecule has 3 aromatic rings. The molecule has 0 aliphatic heterocycles. The van der Waals surface area contributed by atoms with Crippen LogP contribution in [-0.2, 0) is 11.3 Å². The highest BCUT2D eigenvalue weighted by Gasteiger charge is 2.17. The molecule has 0 spiro atoms. The van der Waals surface area contributed by atoms with Gasteiger partial charge in [0.2, 0.25) is 5.95 Å². The normalized spacial score (nSPS) is 10.8. The third kappa shape index (κ3) is 4.37. The predicted molar refractivity (Wildman–Crippen MR) is 105 cm³/mol. The minimum absolute atomic E-state index is 0.165. The molecule has 3 rings (SSSR count). The van der Waals surface area contributed by atoms with Crippen LogP contribution < -0.4 is 10.2 Å². The lowest BCUT2D eigenvalue weighted by Gasteiger charge is -2.24. The second-order valence-corrected chi connectivity index (χ2v) is 6.29. The maximum Gasteiger partial charge on any atom is 0.339 e. The highest BCUT2D eigenvalue weighted by molar-refractivity contribution is 5.93. The van der Waals surface area contributed by atoms with Gasteiger partial charge < -0.3 is 25.4 Å². The van der Waals surface area contributed by atoms with E-state index < -0.39 is 11.9 Å². The highest BCUT2D eigenvalue weighted by Crippen LogP contribution is 2.22. The number of imidazole rings is 1. The number of carboxylic acids is 2. The zero-order chi connectivity index (χ0) is 20.1. The number of carbonyl (C=O) groups is 2. The summed E-state index contributed by atoms with van der Waals surface area (Å²) in [6.45, 7) is 2.94. The van der Waals surface area contributed by atoms with Crippen LogP contribution in [0.2, 0.25) is 0 Å². The SMILES string of the molecule is CCCN(Cc1ccc2nc(NCC(=O)O)[nH]c2c1)c1ncccc1C(=O)O. The number of hydrogen-bond acceptors (Lipinski definition) is 6. The molecule has 9 heteroatoms. The van der Waals surface area contributed by atoms with Gasteiger partial charge in [-0.1, -0.05) is 13.0 Å². The van der Waals surface area contributed by atoms with E-state index in [1.807, 2.05) is 30.0 Å². The minimum Gasteiger partial charge on any atom is -0.480 e. The number of anilines is 2. The second-order valence-electron chi connectivity index (χ2n) is 6.29. The molecule has 0 aliphatic rings. The molecule has 0 bridgehead atoms. The fraction of sp³-hybridized carbons (Fsp3) is 0.263. The number of aliphatic carboxylic acids is 1. The molecular weight excluding hydrogens is 362 g/mol. The van der Waals surface area contributed by atoms with Gasteiger partial charge in [0.05, 0.1) is 11.0 Å². The lowest BCUT2D eigenvalue weighted by Crippen LogP contribution is -2.26. The summed E-state index contributed by atoms with van der Waals surface area (Å²) >= 11 is 0. The highest BCUT2D eigenvalue weighted by atomic mass is 16.4. The summed E-state index contributed by atoms with van der Waals surface area (Å²) in [6, 6.07) is 8.83. The molecule has 9 nitrogen and oxygen atoms in total. The topological polar surface area (TPSA) is 131 Å². The third-order valence-corrected chi connectivity index (χ3v) is 4.14. The molecule has 0 aliphatic carbocycles. The van der Waals surface area contributed by atoms with Gasteiger partial charge >= 0.3 is 11.9 Å². The van der Waals surface area contributed by atoms with Crippen molar-refractivity contribution < 1.29 is 19.8 Å². The Kier molecular flexibility index (Phi) is 5.73. The number of carboxylic acid groups (broad SMARTS) is 2. The van der Waals surface area contributed by atoms with Crippen molar-refractivity contribution in [2.24, 2.45) is 0 Å². The zero-order valence-electron chi connectivity index (χ0n) is 15.3. The molecule has 0 saturated heterocycles. The fourth-order valence-electron chi connectivity index (χ4n) is 2.96. The number of pyridine rings is 1. The lowest BCUT2D eigenvalue weighted by molar-refractivity contribution is -0.134. The number of fused-ring (bicyclic) bond motifs is 1. The molecule has 28 heavy (non-hydrogen) atoms. The summed E-state index contributed by atoms with van der Waals surface area (Å²) in [7, 11) is 0. The summed E-state index contributed by atoms with van der Waals surface area (Å²) in [4.78, 5) is 35.8. The van der Waals surface area contributed by atoms with Gasteiger partial charge in [0.1, 0.15) is 17.9 Å². The molecule has 0 saturated carbocycles. The predicted octanol–water partition coefficient (Wildman–Crippen LogP) is 2.57. The van der Waals surface area contributed by atoms with E-state index in [0.29, 0.717) is 30.4 Å². The summed E-state index contributed by atoms with van der Waals surface area (Å²) in [5, 5.41) is 20.9. The first-order valence-electron chi connectivity index (χ1n) is 8.85. The molecule has 2 aromatic heterocycles. The number of aromatic carboxylic acids is 1. The standard InChI is InChI=1S/C19H21N5O4/c1-2-8-24(17-13(18(27)28)4-3-7-20-17)11-12-5-6-14-15(9-12)23-19(22-14)21-10-16(25)26/h3-7,9H,2,8,10-11H2,1H3,(H,25,26)(H,27,28)(H2,21,22,23). The Morgan fingerprint density at radius 1 is 1.25 bits per heavy atom. The van der Waals surface area contributed by atoms with Crippen LogP contribution in [0, 0.1) is 0 Å². The van der Waals surface area contributed by atoms with Crippen LogP contribution in [0.1, 0.15) is 29.3 Å². The molecule has 2 heterocycles. The average molecular weight is 383 g/mol. The number of H-pyrrole nitrogens is 1. The minimum atomic E-state index is -1.01. The molecule has 0 atom stereocenters. The van der Waals surface area contributed by atoms with Crippen molar-refractivity contribution in [1.29, 1.82) is 0 Å². The van der Waals surface area contributed by atoms with Gasteiger partial charge in [0.25, 0.3) is 0 Å². The molecule has 1 aromatic carbocycles. The quantitative estimate of drug-likeness (QED) is 0.443. The van der Waals surface area contributed by atoms with Crippen LogP contribution in [0.3, 0.4) is 0 Å². The van der Waals surface area contributed by atoms with Gasteiger partial charge in [-0.3, -0.25) is 4.79 Å². The number of nitrogens with one attached hydrogen (secondary N) is 2. The molecular formula is C19H21N5O4. The number of nitrogens with zero attached hydrogens (tertiary/aromatic N) is 3. The number of hydrogen-bond donors (Lipinski definition) is 4. The van der Waals surface area contributed by atoms with Crippen LogP contribution in [0.15, 0.2) is 36.5 Å². The third-order valence-electron chi connectivity index (χ3n) is 4.14. The first-order chi connectivity index (χ1) is 13.5. The van der Waals surface area contributed by atoms with E-state index in [-0.39, 0.29) is 12.1 Å². The molecule has 0 unspecified atom stereocenters. The van der Waals surface area contributed by atoms with Gasteiger partial charge in [-0.15, -0.1) is 0 Å². The van der Waals surface area contributed by atoms with E-state index in [4.69, 9.17) is 5.11 Å². The van der Waals surface area contributed by atoms with Gasteiger partial charge in [-0.25, -0.2) is 14.8 Å². The number of aromatic amines is 1. The van der Waals surface area contributed by atoms with Crippen LogP contribution in [-0.4, -0.2) is 50.2 Å². The first-order valence-corrected chi connectivity index (χ1v) is 8.85. The summed E-state index contributed by atoms with van der Waals surface area (Å²) < 4.78 is 0. The summed E-state index contributed by atoms with van der Waals surface area (Å²) in [5.74, 6) is -1.16. The largest absolute Gasteiger partial charge is 0.480 e. The Bertz CT molecular complexity index is 1000. The average Bonchev–Trinajstić information content (AvgIpc) is 3.08. The molecule has 0 amide bonds. The zero-order valence-corrected chi connectivity index (χ0v) is 15.3. The smallest absolute Gasteiger partial charge is 0.339 e. The molecule has 0 fully saturated rings. The van der Waals surface area contributed by atoms with Crippen LogP contribution in [0.25, 0.3) is 11.0 Å². The van der Waals surface area contributed by atoms with Crippen molar-refractivity contribution >= 4 is 34.7 Å². The Balaban J connectivity index is 1.86. The Labute approximate surface area is 161 Å². The lowest BCUT2D eigenvalue weighted by atomic mass is 10.1. The van der Waals surface area contributed by atoms with Gasteiger partial charge in [0, 0.05) is 19.3 Å². The maximum atomic E-state index is 11.5.